The van der Waals surface area contributed by atoms with Gasteiger partial charge in [-0.2, -0.15) is 0 Å². The minimum atomic E-state index is -1.62. The molecule has 11 nitrogen and oxygen atoms in total. The molecule has 1 aliphatic rings. The monoisotopic (exact) mass is 1250 g/mol. The standard InChI is InChI=1S/C78H139NO10/c1-4-7-10-13-16-19-22-24-26-28-30-32-34-36-38-40-42-44-46-48-51-54-57-60-63-66-73(83)89-76-75(85)74(84)72(67-80)88-78(76)87-68-69(70(81)64-61-58-55-52-49-21-18-15-12-9-6-3)79-77(86)71(82)65-62-59-56-53-50-47-45-43-41-39-37-35-33-31-29-27-25-23-20-17-14-11-8-5-2/h8,11,17,20,24-27,31,33,37,39,61,64,69-72,74-76,78,80-82,84-85H,4-7,9-10,12-16,18-19,21-23,28-30,32,34-36,38,40-60,62-63,65-68H2,1-3H3,(H,79,86)/b11-8-,20-17-,26-24+,27-25-,33-31-,39-37-,64-61+. The third-order valence-electron chi connectivity index (χ3n) is 17.3. The summed E-state index contributed by atoms with van der Waals surface area (Å²) in [6.07, 6.45) is 76.3. The molecule has 0 aromatic rings. The van der Waals surface area contributed by atoms with Gasteiger partial charge in [-0.15, -0.1) is 0 Å². The third kappa shape index (κ3) is 52.0. The van der Waals surface area contributed by atoms with Crippen molar-refractivity contribution in [2.75, 3.05) is 13.2 Å². The molecule has 1 saturated heterocycles. The number of aliphatic hydroxyl groups is 5. The molecule has 6 N–H and O–H groups in total. The van der Waals surface area contributed by atoms with Crippen LogP contribution >= 0.6 is 0 Å². The second-order valence-corrected chi connectivity index (χ2v) is 25.6. The summed E-state index contributed by atoms with van der Waals surface area (Å²) in [7, 11) is 0. The lowest BCUT2D eigenvalue weighted by Gasteiger charge is -2.41. The van der Waals surface area contributed by atoms with Crippen LogP contribution < -0.4 is 5.32 Å². The van der Waals surface area contributed by atoms with E-state index in [-0.39, 0.29) is 19.4 Å². The maximum absolute atomic E-state index is 13.5. The van der Waals surface area contributed by atoms with Crippen molar-refractivity contribution in [3.63, 3.8) is 0 Å². The zero-order valence-corrected chi connectivity index (χ0v) is 57.5. The largest absolute Gasteiger partial charge is 0.454 e. The Bertz CT molecular complexity index is 1780. The molecule has 11 heteroatoms. The van der Waals surface area contributed by atoms with Crippen molar-refractivity contribution in [2.45, 2.75) is 384 Å². The van der Waals surface area contributed by atoms with E-state index in [2.05, 4.69) is 99.0 Å². The maximum Gasteiger partial charge on any atom is 0.306 e. The predicted molar refractivity (Wildman–Crippen MR) is 375 cm³/mol. The van der Waals surface area contributed by atoms with Gasteiger partial charge in [0.05, 0.1) is 25.4 Å². The highest BCUT2D eigenvalue weighted by atomic mass is 16.7. The number of hydrogen-bond acceptors (Lipinski definition) is 10. The van der Waals surface area contributed by atoms with Crippen LogP contribution in [0.3, 0.4) is 0 Å². The average molecular weight is 1250 g/mol. The Balaban J connectivity index is 2.52. The van der Waals surface area contributed by atoms with Crippen molar-refractivity contribution in [1.29, 1.82) is 0 Å². The molecule has 0 aromatic heterocycles. The molecule has 0 radical (unpaired) electrons. The summed E-state index contributed by atoms with van der Waals surface area (Å²) < 4.78 is 17.7. The number of allylic oxidation sites excluding steroid dienone is 13. The van der Waals surface area contributed by atoms with Crippen LogP contribution in [0.15, 0.2) is 85.1 Å². The first-order chi connectivity index (χ1) is 43.7. The number of ether oxygens (including phenoxy) is 3. The number of esters is 1. The average Bonchev–Trinajstić information content (AvgIpc) is 3.72. The fraction of sp³-hybridized carbons (Fsp3) is 0.795. The molecule has 1 fully saturated rings. The van der Waals surface area contributed by atoms with E-state index in [0.29, 0.717) is 12.8 Å². The molecule has 1 amide bonds. The minimum Gasteiger partial charge on any atom is -0.454 e. The Hall–Kier alpha value is -3.16. The molecule has 0 spiro atoms. The van der Waals surface area contributed by atoms with Crippen molar-refractivity contribution < 1.29 is 49.3 Å². The molecule has 89 heavy (non-hydrogen) atoms. The van der Waals surface area contributed by atoms with Gasteiger partial charge < -0.3 is 45.1 Å². The quantitative estimate of drug-likeness (QED) is 0.0195. The Morgan fingerprint density at radius 1 is 0.449 bits per heavy atom. The molecular weight excluding hydrogens is 1110 g/mol. The number of carbonyl (C=O) groups is 2. The van der Waals surface area contributed by atoms with Gasteiger partial charge in [-0.05, 0) is 96.3 Å². The van der Waals surface area contributed by atoms with E-state index in [1.807, 2.05) is 6.08 Å². The van der Waals surface area contributed by atoms with Crippen LogP contribution in [-0.2, 0) is 23.8 Å². The number of amides is 1. The van der Waals surface area contributed by atoms with Gasteiger partial charge >= 0.3 is 5.97 Å². The van der Waals surface area contributed by atoms with E-state index >= 15 is 0 Å². The summed E-state index contributed by atoms with van der Waals surface area (Å²) >= 11 is 0. The number of unbranched alkanes of at least 4 members (excludes halogenated alkanes) is 38. The highest BCUT2D eigenvalue weighted by Gasteiger charge is 2.47. The van der Waals surface area contributed by atoms with Crippen molar-refractivity contribution in [3.8, 4) is 0 Å². The number of carbonyl (C=O) groups excluding carboxylic acids is 2. The van der Waals surface area contributed by atoms with Crippen LogP contribution in [-0.4, -0.2) is 99.6 Å². The first-order valence-corrected chi connectivity index (χ1v) is 37.4. The van der Waals surface area contributed by atoms with Crippen LogP contribution in [0.4, 0.5) is 0 Å². The van der Waals surface area contributed by atoms with Gasteiger partial charge in [0.1, 0.15) is 24.4 Å². The number of nitrogens with one attached hydrogen (secondary N) is 1. The highest BCUT2D eigenvalue weighted by Crippen LogP contribution is 2.26. The number of hydrogen-bond donors (Lipinski definition) is 6. The summed E-state index contributed by atoms with van der Waals surface area (Å²) in [6.45, 7) is 5.70. The Morgan fingerprint density at radius 3 is 1.22 bits per heavy atom. The van der Waals surface area contributed by atoms with E-state index in [1.54, 1.807) is 6.08 Å². The fourth-order valence-electron chi connectivity index (χ4n) is 11.4. The van der Waals surface area contributed by atoms with Gasteiger partial charge in [0.2, 0.25) is 5.91 Å². The second-order valence-electron chi connectivity index (χ2n) is 25.6. The molecule has 0 aliphatic carbocycles. The maximum atomic E-state index is 13.5. The topological polar surface area (TPSA) is 175 Å². The predicted octanol–water partition coefficient (Wildman–Crippen LogP) is 19.6. The second kappa shape index (κ2) is 64.9. The Kier molecular flexibility index (Phi) is 61.2. The lowest BCUT2D eigenvalue weighted by atomic mass is 9.99. The lowest BCUT2D eigenvalue weighted by Crippen LogP contribution is -2.61. The molecular formula is C78H139NO10. The number of rotatable bonds is 64. The van der Waals surface area contributed by atoms with E-state index in [1.165, 1.54) is 193 Å². The molecule has 1 rings (SSSR count). The molecule has 1 aliphatic heterocycles. The summed E-state index contributed by atoms with van der Waals surface area (Å²) in [5.41, 5.74) is 0. The normalized spacial score (nSPS) is 18.6. The first-order valence-electron chi connectivity index (χ1n) is 37.4. The van der Waals surface area contributed by atoms with Gasteiger partial charge in [0.25, 0.3) is 0 Å². The summed E-state index contributed by atoms with van der Waals surface area (Å²) in [5.74, 6) is -1.19. The van der Waals surface area contributed by atoms with Gasteiger partial charge in [0, 0.05) is 6.42 Å². The minimum absolute atomic E-state index is 0.123. The van der Waals surface area contributed by atoms with Crippen LogP contribution in [0.2, 0.25) is 0 Å². The van der Waals surface area contributed by atoms with Gasteiger partial charge in [-0.3, -0.25) is 9.59 Å². The van der Waals surface area contributed by atoms with Gasteiger partial charge in [-0.25, -0.2) is 0 Å². The van der Waals surface area contributed by atoms with E-state index < -0.39 is 67.4 Å². The molecule has 8 atom stereocenters. The van der Waals surface area contributed by atoms with Gasteiger partial charge in [0.15, 0.2) is 12.4 Å². The van der Waals surface area contributed by atoms with Gasteiger partial charge in [-0.1, -0.05) is 318 Å². The van der Waals surface area contributed by atoms with E-state index in [9.17, 15) is 35.1 Å². The van der Waals surface area contributed by atoms with Crippen LogP contribution in [0.25, 0.3) is 0 Å². The number of aliphatic hydroxyl groups excluding tert-OH is 5. The van der Waals surface area contributed by atoms with Crippen LogP contribution in [0, 0.1) is 0 Å². The highest BCUT2D eigenvalue weighted by molar-refractivity contribution is 5.80. The van der Waals surface area contributed by atoms with Crippen LogP contribution in [0.5, 0.6) is 0 Å². The zero-order chi connectivity index (χ0) is 64.6. The summed E-state index contributed by atoms with van der Waals surface area (Å²) in [6, 6.07) is -1.03. The van der Waals surface area contributed by atoms with Crippen molar-refractivity contribution in [1.82, 2.24) is 5.32 Å². The van der Waals surface area contributed by atoms with E-state index in [4.69, 9.17) is 14.2 Å². The Morgan fingerprint density at radius 2 is 0.809 bits per heavy atom. The molecule has 0 bridgehead atoms. The summed E-state index contributed by atoms with van der Waals surface area (Å²) in [4.78, 5) is 26.7. The lowest BCUT2D eigenvalue weighted by molar-refractivity contribution is -0.305. The smallest absolute Gasteiger partial charge is 0.306 e. The SMILES string of the molecule is CC/C=C\C/C=C\C/C=C\C/C=C\C/C=C\CCCCCCCCCCC(O)C(=O)NC(COC1OC(CO)C(O)C(O)C1OC(=O)CCCCCCCCCCCCCCCCC/C=C/CCCCCCCC)C(O)/C=C/CCCCCCCCCCC. The van der Waals surface area contributed by atoms with Crippen LogP contribution in [0.1, 0.15) is 335 Å². The molecule has 516 valence electrons. The van der Waals surface area contributed by atoms with E-state index in [0.717, 1.165) is 96.3 Å². The molecule has 1 heterocycles. The van der Waals surface area contributed by atoms with Crippen molar-refractivity contribution in [3.05, 3.63) is 85.1 Å². The third-order valence-corrected chi connectivity index (χ3v) is 17.3. The van der Waals surface area contributed by atoms with Crippen molar-refractivity contribution >= 4 is 11.9 Å². The van der Waals surface area contributed by atoms with Crippen molar-refractivity contribution in [2.24, 2.45) is 0 Å². The fourth-order valence-corrected chi connectivity index (χ4v) is 11.4. The Labute approximate surface area is 546 Å². The molecule has 0 aromatic carbocycles. The molecule has 0 saturated carbocycles. The summed E-state index contributed by atoms with van der Waals surface area (Å²) in [5, 5.41) is 57.3. The zero-order valence-electron chi connectivity index (χ0n) is 57.5. The molecule has 8 unspecified atom stereocenters. The first kappa shape index (κ1) is 83.9.